The molecule has 0 saturated carbocycles. The molecule has 1 N–H and O–H groups in total. The van der Waals surface area contributed by atoms with Crippen molar-refractivity contribution in [2.75, 3.05) is 0 Å². The number of hydrogen-bond donors (Lipinski definition) is 1. The second-order valence-electron chi connectivity index (χ2n) is 4.98. The van der Waals surface area contributed by atoms with E-state index in [9.17, 15) is 4.79 Å². The molecular formula is C15H17N3O2. The maximum absolute atomic E-state index is 11.8. The second-order valence-corrected chi connectivity index (χ2v) is 4.98. The number of hydrogen-bond acceptors (Lipinski definition) is 3. The molecule has 5 heteroatoms. The zero-order valence-electron chi connectivity index (χ0n) is 11.2. The van der Waals surface area contributed by atoms with E-state index < -0.39 is 0 Å². The molecule has 2 aromatic rings. The van der Waals surface area contributed by atoms with Gasteiger partial charge in [0.15, 0.2) is 0 Å². The fraction of sp³-hybridized carbons (Fsp3) is 0.333. The molecule has 0 bridgehead atoms. The van der Waals surface area contributed by atoms with E-state index in [0.29, 0.717) is 6.61 Å². The molecule has 0 fully saturated rings. The number of benzene rings is 1. The van der Waals surface area contributed by atoms with Crippen molar-refractivity contribution in [1.29, 1.82) is 0 Å². The van der Waals surface area contributed by atoms with Crippen LogP contribution in [-0.2, 0) is 24.3 Å². The van der Waals surface area contributed by atoms with Crippen molar-refractivity contribution in [2.24, 2.45) is 0 Å². The number of carbonyl (C=O) groups excluding carboxylic acids is 1. The predicted octanol–water partition coefficient (Wildman–Crippen LogP) is 2.12. The maximum Gasteiger partial charge on any atom is 0.407 e. The lowest BCUT2D eigenvalue weighted by Crippen LogP contribution is -2.40. The molecule has 1 aliphatic rings. The highest BCUT2D eigenvalue weighted by molar-refractivity contribution is 5.67. The Labute approximate surface area is 117 Å². The third-order valence-corrected chi connectivity index (χ3v) is 3.50. The Morgan fingerprint density at radius 3 is 3.10 bits per heavy atom. The van der Waals surface area contributed by atoms with E-state index in [4.69, 9.17) is 4.74 Å². The largest absolute Gasteiger partial charge is 0.445 e. The van der Waals surface area contributed by atoms with Crippen LogP contribution in [0, 0.1) is 0 Å². The summed E-state index contributed by atoms with van der Waals surface area (Å²) in [5, 5.41) is 2.91. The lowest BCUT2D eigenvalue weighted by atomic mass is 10.1. The molecule has 0 aliphatic carbocycles. The van der Waals surface area contributed by atoms with E-state index in [1.165, 1.54) is 5.69 Å². The van der Waals surface area contributed by atoms with Crippen LogP contribution in [0.25, 0.3) is 0 Å². The van der Waals surface area contributed by atoms with Crippen LogP contribution in [0.15, 0.2) is 42.9 Å². The average Bonchev–Trinajstić information content (AvgIpc) is 2.94. The normalized spacial score (nSPS) is 17.3. The molecule has 1 amide bonds. The van der Waals surface area contributed by atoms with Crippen molar-refractivity contribution in [3.8, 4) is 0 Å². The summed E-state index contributed by atoms with van der Waals surface area (Å²) in [6, 6.07) is 9.78. The molecule has 1 aliphatic heterocycles. The Morgan fingerprint density at radius 2 is 2.25 bits per heavy atom. The van der Waals surface area contributed by atoms with Crippen LogP contribution in [0.5, 0.6) is 0 Å². The van der Waals surface area contributed by atoms with Gasteiger partial charge in [0.1, 0.15) is 6.61 Å². The Morgan fingerprint density at radius 1 is 1.40 bits per heavy atom. The van der Waals surface area contributed by atoms with E-state index in [0.717, 1.165) is 24.9 Å². The molecule has 1 unspecified atom stereocenters. The van der Waals surface area contributed by atoms with E-state index in [1.807, 2.05) is 36.5 Å². The van der Waals surface area contributed by atoms with Crippen LogP contribution in [-0.4, -0.2) is 21.7 Å². The summed E-state index contributed by atoms with van der Waals surface area (Å²) in [6.45, 7) is 1.06. The fourth-order valence-corrected chi connectivity index (χ4v) is 2.42. The zero-order valence-corrected chi connectivity index (χ0v) is 11.2. The molecule has 20 heavy (non-hydrogen) atoms. The number of alkyl carbamates (subject to hydrolysis) is 1. The number of imidazole rings is 1. The number of nitrogens with one attached hydrogen (secondary N) is 1. The number of rotatable bonds is 3. The van der Waals surface area contributed by atoms with E-state index >= 15 is 0 Å². The van der Waals surface area contributed by atoms with E-state index in [2.05, 4.69) is 14.9 Å². The highest BCUT2D eigenvalue weighted by atomic mass is 16.5. The van der Waals surface area contributed by atoms with Gasteiger partial charge in [-0.2, -0.15) is 0 Å². The van der Waals surface area contributed by atoms with Gasteiger partial charge in [-0.3, -0.25) is 0 Å². The zero-order chi connectivity index (χ0) is 13.8. The first kappa shape index (κ1) is 12.7. The van der Waals surface area contributed by atoms with Gasteiger partial charge in [0.05, 0.1) is 12.4 Å². The minimum absolute atomic E-state index is 0.111. The molecule has 0 saturated heterocycles. The standard InChI is InChI=1S/C15H17N3O2/c19-15(20-10-12-4-2-1-3-5-12)17-13-6-7-14-8-16-11-18(14)9-13/h1-5,8,11,13H,6-7,9-10H2,(H,17,19). The molecular weight excluding hydrogens is 254 g/mol. The van der Waals surface area contributed by atoms with Gasteiger partial charge in [0, 0.05) is 18.4 Å². The summed E-state index contributed by atoms with van der Waals surface area (Å²) < 4.78 is 7.30. The third kappa shape index (κ3) is 2.99. The number of fused-ring (bicyclic) bond motifs is 1. The summed E-state index contributed by atoms with van der Waals surface area (Å²) in [4.78, 5) is 15.9. The van der Waals surface area contributed by atoms with Crippen LogP contribution in [0.3, 0.4) is 0 Å². The van der Waals surface area contributed by atoms with Crippen molar-refractivity contribution < 1.29 is 9.53 Å². The first-order valence-electron chi connectivity index (χ1n) is 6.77. The van der Waals surface area contributed by atoms with Crippen LogP contribution in [0.1, 0.15) is 17.7 Å². The van der Waals surface area contributed by atoms with Crippen LogP contribution in [0.2, 0.25) is 0 Å². The van der Waals surface area contributed by atoms with E-state index in [1.54, 1.807) is 6.33 Å². The molecule has 0 spiro atoms. The summed E-state index contributed by atoms with van der Waals surface area (Å²) in [5.41, 5.74) is 2.21. The summed E-state index contributed by atoms with van der Waals surface area (Å²) in [7, 11) is 0. The maximum atomic E-state index is 11.8. The average molecular weight is 271 g/mol. The van der Waals surface area contributed by atoms with Crippen molar-refractivity contribution in [3.63, 3.8) is 0 Å². The number of carbonyl (C=O) groups is 1. The number of aryl methyl sites for hydroxylation is 1. The summed E-state index contributed by atoms with van der Waals surface area (Å²) in [6.07, 6.45) is 5.18. The minimum Gasteiger partial charge on any atom is -0.445 e. The Bertz CT molecular complexity index is 580. The van der Waals surface area contributed by atoms with Gasteiger partial charge in [-0.15, -0.1) is 0 Å². The van der Waals surface area contributed by atoms with Gasteiger partial charge in [-0.1, -0.05) is 30.3 Å². The molecule has 1 atom stereocenters. The molecule has 0 radical (unpaired) electrons. The molecule has 104 valence electrons. The smallest absolute Gasteiger partial charge is 0.407 e. The highest BCUT2D eigenvalue weighted by Gasteiger charge is 2.20. The van der Waals surface area contributed by atoms with Gasteiger partial charge in [-0.25, -0.2) is 9.78 Å². The molecule has 2 heterocycles. The van der Waals surface area contributed by atoms with Gasteiger partial charge in [-0.05, 0) is 18.4 Å². The quantitative estimate of drug-likeness (QED) is 0.930. The number of ether oxygens (including phenoxy) is 1. The van der Waals surface area contributed by atoms with Crippen LogP contribution >= 0.6 is 0 Å². The van der Waals surface area contributed by atoms with Gasteiger partial charge < -0.3 is 14.6 Å². The second kappa shape index (κ2) is 5.77. The van der Waals surface area contributed by atoms with Crippen molar-refractivity contribution in [2.45, 2.75) is 32.0 Å². The Hall–Kier alpha value is -2.30. The number of amides is 1. The summed E-state index contributed by atoms with van der Waals surface area (Å²) >= 11 is 0. The molecule has 1 aromatic carbocycles. The third-order valence-electron chi connectivity index (χ3n) is 3.50. The van der Waals surface area contributed by atoms with Crippen LogP contribution in [0.4, 0.5) is 4.79 Å². The summed E-state index contributed by atoms with van der Waals surface area (Å²) in [5.74, 6) is 0. The molecule has 3 rings (SSSR count). The minimum atomic E-state index is -0.359. The van der Waals surface area contributed by atoms with Crippen molar-refractivity contribution in [1.82, 2.24) is 14.9 Å². The van der Waals surface area contributed by atoms with E-state index in [-0.39, 0.29) is 12.1 Å². The predicted molar refractivity (Wildman–Crippen MR) is 74.1 cm³/mol. The SMILES string of the molecule is O=C(NC1CCc2cncn2C1)OCc1ccccc1. The van der Waals surface area contributed by atoms with Gasteiger partial charge in [0.2, 0.25) is 0 Å². The molecule has 1 aromatic heterocycles. The van der Waals surface area contributed by atoms with Crippen molar-refractivity contribution >= 4 is 6.09 Å². The number of nitrogens with zero attached hydrogens (tertiary/aromatic N) is 2. The lowest BCUT2D eigenvalue weighted by Gasteiger charge is -2.24. The first-order valence-corrected chi connectivity index (χ1v) is 6.77. The van der Waals surface area contributed by atoms with Crippen molar-refractivity contribution in [3.05, 3.63) is 54.1 Å². The Balaban J connectivity index is 1.48. The monoisotopic (exact) mass is 271 g/mol. The first-order chi connectivity index (χ1) is 9.81. The van der Waals surface area contributed by atoms with Crippen LogP contribution < -0.4 is 5.32 Å². The number of aromatic nitrogens is 2. The Kier molecular flexibility index (Phi) is 3.67. The fourth-order valence-electron chi connectivity index (χ4n) is 2.42. The molecule has 5 nitrogen and oxygen atoms in total. The highest BCUT2D eigenvalue weighted by Crippen LogP contribution is 2.14. The topological polar surface area (TPSA) is 56.2 Å². The van der Waals surface area contributed by atoms with Gasteiger partial charge >= 0.3 is 6.09 Å². The lowest BCUT2D eigenvalue weighted by molar-refractivity contribution is 0.133. The van der Waals surface area contributed by atoms with Gasteiger partial charge in [0.25, 0.3) is 0 Å².